The van der Waals surface area contributed by atoms with Crippen LogP contribution in [0.1, 0.15) is 6.92 Å². The van der Waals surface area contributed by atoms with Gasteiger partial charge in [0.15, 0.2) is 9.84 Å². The highest BCUT2D eigenvalue weighted by Gasteiger charge is 2.06. The summed E-state index contributed by atoms with van der Waals surface area (Å²) in [5.41, 5.74) is 0.750. The summed E-state index contributed by atoms with van der Waals surface area (Å²) >= 11 is 1.46. The van der Waals surface area contributed by atoms with Gasteiger partial charge in [-0.2, -0.15) is 0 Å². The van der Waals surface area contributed by atoms with Crippen LogP contribution < -0.4 is 0 Å². The molecule has 0 aliphatic rings. The maximum absolute atomic E-state index is 11.3. The number of carboxylic acids is 1. The third-order valence-electron chi connectivity index (χ3n) is 2.09. The van der Waals surface area contributed by atoms with E-state index in [1.807, 2.05) is 0 Å². The van der Waals surface area contributed by atoms with E-state index in [1.165, 1.54) is 11.8 Å². The molecule has 0 spiro atoms. The summed E-state index contributed by atoms with van der Waals surface area (Å²) in [4.78, 5) is 11.6. The fraction of sp³-hybridized carbons (Fsp3) is 0.250. The summed E-state index contributed by atoms with van der Waals surface area (Å²) in [6.45, 7) is 1.74. The van der Waals surface area contributed by atoms with Gasteiger partial charge in [-0.15, -0.1) is 11.8 Å². The highest BCUT2D eigenvalue weighted by atomic mass is 32.2. The molecule has 0 radical (unpaired) electrons. The fourth-order valence-corrected chi connectivity index (χ4v) is 2.67. The van der Waals surface area contributed by atoms with E-state index in [0.29, 0.717) is 5.75 Å². The molecule has 1 aromatic carbocycles. The molecule has 1 N–H and O–H groups in total. The van der Waals surface area contributed by atoms with Gasteiger partial charge in [-0.3, -0.25) is 0 Å². The minimum atomic E-state index is -3.17. The Balaban J connectivity index is 2.68. The van der Waals surface area contributed by atoms with Gasteiger partial charge in [0.05, 0.1) is 4.90 Å². The molecule has 0 aromatic heterocycles. The molecular weight excluding hydrogens is 272 g/mol. The lowest BCUT2D eigenvalue weighted by Crippen LogP contribution is -1.96. The van der Waals surface area contributed by atoms with E-state index in [-0.39, 0.29) is 4.90 Å². The van der Waals surface area contributed by atoms with Crippen LogP contribution in [0.15, 0.2) is 45.7 Å². The topological polar surface area (TPSA) is 71.4 Å². The number of sulfone groups is 1. The van der Waals surface area contributed by atoms with E-state index in [0.717, 1.165) is 22.8 Å². The lowest BCUT2D eigenvalue weighted by molar-refractivity contribution is -0.131. The van der Waals surface area contributed by atoms with Crippen LogP contribution in [0.4, 0.5) is 0 Å². The molecule has 0 unspecified atom stereocenters. The first-order valence-corrected chi connectivity index (χ1v) is 8.00. The second-order valence-electron chi connectivity index (χ2n) is 3.86. The minimum Gasteiger partial charge on any atom is -0.478 e. The quantitative estimate of drug-likeness (QED) is 0.663. The average Bonchev–Trinajstić information content (AvgIpc) is 2.25. The molecule has 0 saturated carbocycles. The van der Waals surface area contributed by atoms with E-state index < -0.39 is 15.8 Å². The van der Waals surface area contributed by atoms with Crippen molar-refractivity contribution in [1.82, 2.24) is 0 Å². The van der Waals surface area contributed by atoms with Gasteiger partial charge in [0, 0.05) is 23.0 Å². The largest absolute Gasteiger partial charge is 0.478 e. The van der Waals surface area contributed by atoms with Gasteiger partial charge in [-0.25, -0.2) is 13.2 Å². The Bertz CT molecular complexity index is 556. The van der Waals surface area contributed by atoms with Gasteiger partial charge in [0.1, 0.15) is 0 Å². The molecule has 0 aliphatic carbocycles. The standard InChI is InChI=1S/C12H14O4S2/c1-9(7-12(13)14)8-17-10-3-5-11(6-4-10)18(2,15)16/h3-7H,8H2,1-2H3,(H,13,14). The number of carboxylic acid groups (broad SMARTS) is 1. The van der Waals surface area contributed by atoms with Crippen LogP contribution >= 0.6 is 11.8 Å². The summed E-state index contributed by atoms with van der Waals surface area (Å²) in [6, 6.07) is 6.53. The van der Waals surface area contributed by atoms with E-state index in [1.54, 1.807) is 31.2 Å². The molecule has 1 rings (SSSR count). The van der Waals surface area contributed by atoms with Crippen LogP contribution in [-0.4, -0.2) is 31.5 Å². The van der Waals surface area contributed by atoms with Gasteiger partial charge < -0.3 is 5.11 Å². The predicted octanol–water partition coefficient (Wildman–Crippen LogP) is 2.21. The maximum Gasteiger partial charge on any atom is 0.328 e. The molecule has 4 nitrogen and oxygen atoms in total. The van der Waals surface area contributed by atoms with Crippen molar-refractivity contribution in [2.24, 2.45) is 0 Å². The average molecular weight is 286 g/mol. The van der Waals surface area contributed by atoms with Crippen LogP contribution in [0, 0.1) is 0 Å². The zero-order valence-corrected chi connectivity index (χ0v) is 11.7. The molecule has 0 bridgehead atoms. The maximum atomic E-state index is 11.3. The number of thioether (sulfide) groups is 1. The van der Waals surface area contributed by atoms with Crippen molar-refractivity contribution in [2.45, 2.75) is 16.7 Å². The predicted molar refractivity (Wildman–Crippen MR) is 71.7 cm³/mol. The summed E-state index contributed by atoms with van der Waals surface area (Å²) in [7, 11) is -3.17. The minimum absolute atomic E-state index is 0.282. The van der Waals surface area contributed by atoms with Crippen LogP contribution in [0.3, 0.4) is 0 Å². The fourth-order valence-electron chi connectivity index (χ4n) is 1.23. The Labute approximate surface area is 111 Å². The molecule has 0 atom stereocenters. The Kier molecular flexibility index (Phi) is 4.98. The third kappa shape index (κ3) is 4.93. The normalized spacial score (nSPS) is 12.4. The van der Waals surface area contributed by atoms with Crippen molar-refractivity contribution in [3.8, 4) is 0 Å². The molecule has 0 amide bonds. The van der Waals surface area contributed by atoms with Crippen molar-refractivity contribution in [3.05, 3.63) is 35.9 Å². The Morgan fingerprint density at radius 2 is 1.89 bits per heavy atom. The molecule has 0 heterocycles. The Hall–Kier alpha value is -1.27. The summed E-state index contributed by atoms with van der Waals surface area (Å²) < 4.78 is 22.5. The number of carbonyl (C=O) groups is 1. The lowest BCUT2D eigenvalue weighted by Gasteiger charge is -2.03. The van der Waals surface area contributed by atoms with Gasteiger partial charge in [0.25, 0.3) is 0 Å². The van der Waals surface area contributed by atoms with Gasteiger partial charge >= 0.3 is 5.97 Å². The first-order valence-electron chi connectivity index (χ1n) is 5.12. The molecule has 18 heavy (non-hydrogen) atoms. The Morgan fingerprint density at radius 1 is 1.33 bits per heavy atom. The van der Waals surface area contributed by atoms with Crippen LogP contribution in [-0.2, 0) is 14.6 Å². The third-order valence-corrected chi connectivity index (χ3v) is 4.42. The zero-order chi connectivity index (χ0) is 13.8. The van der Waals surface area contributed by atoms with Crippen molar-refractivity contribution >= 4 is 27.6 Å². The van der Waals surface area contributed by atoms with Crippen molar-refractivity contribution in [3.63, 3.8) is 0 Å². The first kappa shape index (κ1) is 14.8. The Morgan fingerprint density at radius 3 is 2.33 bits per heavy atom. The number of aliphatic carboxylic acids is 1. The second-order valence-corrected chi connectivity index (χ2v) is 6.93. The van der Waals surface area contributed by atoms with Crippen molar-refractivity contribution in [2.75, 3.05) is 12.0 Å². The highest BCUT2D eigenvalue weighted by Crippen LogP contribution is 2.22. The van der Waals surface area contributed by atoms with E-state index >= 15 is 0 Å². The summed E-state index contributed by atoms with van der Waals surface area (Å²) in [5.74, 6) is -0.398. The molecule has 6 heteroatoms. The van der Waals surface area contributed by atoms with Crippen LogP contribution in [0.25, 0.3) is 0 Å². The smallest absolute Gasteiger partial charge is 0.328 e. The molecule has 0 fully saturated rings. The lowest BCUT2D eigenvalue weighted by atomic mass is 10.3. The molecule has 0 aliphatic heterocycles. The monoisotopic (exact) mass is 286 g/mol. The van der Waals surface area contributed by atoms with Gasteiger partial charge in [0.2, 0.25) is 0 Å². The number of hydrogen-bond donors (Lipinski definition) is 1. The molecule has 98 valence electrons. The highest BCUT2D eigenvalue weighted by molar-refractivity contribution is 7.99. The van der Waals surface area contributed by atoms with Crippen molar-refractivity contribution < 1.29 is 18.3 Å². The molecule has 0 saturated heterocycles. The van der Waals surface area contributed by atoms with E-state index in [9.17, 15) is 13.2 Å². The SMILES string of the molecule is CC(=CC(=O)O)CSc1ccc(S(C)(=O)=O)cc1. The summed E-state index contributed by atoms with van der Waals surface area (Å²) in [6.07, 6.45) is 2.33. The summed E-state index contributed by atoms with van der Waals surface area (Å²) in [5, 5.41) is 8.55. The van der Waals surface area contributed by atoms with Gasteiger partial charge in [-0.1, -0.05) is 5.57 Å². The van der Waals surface area contributed by atoms with Crippen LogP contribution in [0.5, 0.6) is 0 Å². The van der Waals surface area contributed by atoms with Crippen molar-refractivity contribution in [1.29, 1.82) is 0 Å². The molecule has 1 aromatic rings. The first-order chi connectivity index (χ1) is 8.29. The number of hydrogen-bond acceptors (Lipinski definition) is 4. The molecular formula is C12H14O4S2. The second kappa shape index (κ2) is 6.06. The zero-order valence-electron chi connectivity index (χ0n) is 10.1. The number of benzene rings is 1. The number of rotatable bonds is 5. The van der Waals surface area contributed by atoms with Crippen LogP contribution in [0.2, 0.25) is 0 Å². The van der Waals surface area contributed by atoms with E-state index in [2.05, 4.69) is 0 Å². The van der Waals surface area contributed by atoms with E-state index in [4.69, 9.17) is 5.11 Å². The van der Waals surface area contributed by atoms with Gasteiger partial charge in [-0.05, 0) is 31.2 Å².